The van der Waals surface area contributed by atoms with Crippen LogP contribution >= 0.6 is 0 Å². The second-order valence-electron chi connectivity index (χ2n) is 5.73. The third-order valence-electron chi connectivity index (χ3n) is 3.87. The third kappa shape index (κ3) is 5.74. The van der Waals surface area contributed by atoms with E-state index in [-0.39, 0.29) is 18.9 Å². The fourth-order valence-electron chi connectivity index (χ4n) is 2.59. The molecular formula is C21H25NO5. The molecule has 0 fully saturated rings. The zero-order valence-corrected chi connectivity index (χ0v) is 15.9. The average Bonchev–Trinajstić information content (AvgIpc) is 2.68. The summed E-state index contributed by atoms with van der Waals surface area (Å²) in [4.78, 5) is 24.3. The highest BCUT2D eigenvalue weighted by atomic mass is 16.5. The van der Waals surface area contributed by atoms with Crippen LogP contribution in [0.25, 0.3) is 0 Å². The van der Waals surface area contributed by atoms with Crippen molar-refractivity contribution in [3.8, 4) is 11.5 Å². The lowest BCUT2D eigenvalue weighted by molar-refractivity contribution is -0.116. The number of hydrogen-bond acceptors (Lipinski definition) is 5. The number of carbonyl (C=O) groups excluding carboxylic acids is 2. The summed E-state index contributed by atoms with van der Waals surface area (Å²) in [6, 6.07) is 12.4. The first-order valence-corrected chi connectivity index (χ1v) is 8.94. The summed E-state index contributed by atoms with van der Waals surface area (Å²) in [5.74, 6) is 0.684. The van der Waals surface area contributed by atoms with Gasteiger partial charge in [-0.1, -0.05) is 18.2 Å². The van der Waals surface area contributed by atoms with E-state index in [2.05, 4.69) is 5.32 Å². The number of ether oxygens (including phenoxy) is 3. The molecule has 144 valence electrons. The largest absolute Gasteiger partial charge is 0.493 e. The SMILES string of the molecule is CCOC(=O)c1ccccc1NC(=O)CCc1ccc(OCC)c(OC)c1. The average molecular weight is 371 g/mol. The number of methoxy groups -OCH3 is 1. The molecule has 6 heteroatoms. The van der Waals surface area contributed by atoms with Crippen LogP contribution in [0.1, 0.15) is 36.2 Å². The highest BCUT2D eigenvalue weighted by Crippen LogP contribution is 2.28. The van der Waals surface area contributed by atoms with Crippen molar-refractivity contribution >= 4 is 17.6 Å². The van der Waals surface area contributed by atoms with Gasteiger partial charge in [0.1, 0.15) is 0 Å². The summed E-state index contributed by atoms with van der Waals surface area (Å²) in [5, 5.41) is 2.78. The van der Waals surface area contributed by atoms with Crippen LogP contribution in [0.2, 0.25) is 0 Å². The Morgan fingerprint density at radius 2 is 1.78 bits per heavy atom. The minimum atomic E-state index is -0.454. The van der Waals surface area contributed by atoms with E-state index in [4.69, 9.17) is 14.2 Å². The summed E-state index contributed by atoms with van der Waals surface area (Å²) in [6.07, 6.45) is 0.810. The van der Waals surface area contributed by atoms with Crippen LogP contribution in [0.3, 0.4) is 0 Å². The monoisotopic (exact) mass is 371 g/mol. The smallest absolute Gasteiger partial charge is 0.340 e. The van der Waals surface area contributed by atoms with E-state index < -0.39 is 5.97 Å². The molecule has 0 heterocycles. The predicted molar refractivity (Wildman–Crippen MR) is 104 cm³/mol. The van der Waals surface area contributed by atoms with Gasteiger partial charge in [0.2, 0.25) is 5.91 Å². The van der Waals surface area contributed by atoms with Gasteiger partial charge in [-0.3, -0.25) is 4.79 Å². The molecule has 0 saturated heterocycles. The highest BCUT2D eigenvalue weighted by Gasteiger charge is 2.14. The molecule has 0 aliphatic carbocycles. The van der Waals surface area contributed by atoms with Crippen molar-refractivity contribution < 1.29 is 23.8 Å². The minimum Gasteiger partial charge on any atom is -0.493 e. The van der Waals surface area contributed by atoms with Gasteiger partial charge >= 0.3 is 5.97 Å². The maximum Gasteiger partial charge on any atom is 0.340 e. The van der Waals surface area contributed by atoms with E-state index in [0.717, 1.165) is 5.56 Å². The van der Waals surface area contributed by atoms with E-state index in [1.165, 1.54) is 0 Å². The fourth-order valence-corrected chi connectivity index (χ4v) is 2.59. The normalized spacial score (nSPS) is 10.2. The molecule has 0 spiro atoms. The van der Waals surface area contributed by atoms with Crippen LogP contribution in [0.5, 0.6) is 11.5 Å². The van der Waals surface area contributed by atoms with Gasteiger partial charge in [0, 0.05) is 6.42 Å². The summed E-state index contributed by atoms with van der Waals surface area (Å²) in [5.41, 5.74) is 1.75. The van der Waals surface area contributed by atoms with Gasteiger partial charge in [-0.15, -0.1) is 0 Å². The van der Waals surface area contributed by atoms with Crippen LogP contribution in [0.4, 0.5) is 5.69 Å². The number of para-hydroxylation sites is 1. The Kier molecular flexibility index (Phi) is 7.67. The molecule has 6 nitrogen and oxygen atoms in total. The van der Waals surface area contributed by atoms with E-state index in [0.29, 0.717) is 35.8 Å². The first-order valence-electron chi connectivity index (χ1n) is 8.94. The summed E-state index contributed by atoms with van der Waals surface area (Å²) >= 11 is 0. The molecule has 0 radical (unpaired) electrons. The van der Waals surface area contributed by atoms with E-state index in [1.807, 2.05) is 25.1 Å². The molecule has 27 heavy (non-hydrogen) atoms. The van der Waals surface area contributed by atoms with Gasteiger partial charge < -0.3 is 19.5 Å². The van der Waals surface area contributed by atoms with Crippen LogP contribution in [-0.2, 0) is 16.0 Å². The molecule has 1 N–H and O–H groups in total. The van der Waals surface area contributed by atoms with Gasteiger partial charge in [0.05, 0.1) is 31.6 Å². The van der Waals surface area contributed by atoms with Gasteiger partial charge in [0.15, 0.2) is 11.5 Å². The Morgan fingerprint density at radius 3 is 2.48 bits per heavy atom. The van der Waals surface area contributed by atoms with Crippen molar-refractivity contribution in [1.29, 1.82) is 0 Å². The summed E-state index contributed by atoms with van der Waals surface area (Å²) in [7, 11) is 1.58. The van der Waals surface area contributed by atoms with E-state index in [1.54, 1.807) is 38.3 Å². The third-order valence-corrected chi connectivity index (χ3v) is 3.87. The Bertz CT molecular complexity index is 788. The molecule has 0 aliphatic rings. The molecule has 0 aromatic heterocycles. The zero-order chi connectivity index (χ0) is 19.6. The van der Waals surface area contributed by atoms with Crippen molar-refractivity contribution in [3.63, 3.8) is 0 Å². The lowest BCUT2D eigenvalue weighted by atomic mass is 10.1. The molecular weight excluding hydrogens is 346 g/mol. The fraction of sp³-hybridized carbons (Fsp3) is 0.333. The maximum atomic E-state index is 12.3. The van der Waals surface area contributed by atoms with Crippen LogP contribution in [0, 0.1) is 0 Å². The maximum absolute atomic E-state index is 12.3. The van der Waals surface area contributed by atoms with Gasteiger partial charge in [-0.25, -0.2) is 4.79 Å². The minimum absolute atomic E-state index is 0.181. The first kappa shape index (κ1) is 20.3. The lowest BCUT2D eigenvalue weighted by Crippen LogP contribution is -2.16. The second-order valence-corrected chi connectivity index (χ2v) is 5.73. The zero-order valence-electron chi connectivity index (χ0n) is 15.9. The molecule has 1 amide bonds. The number of hydrogen-bond donors (Lipinski definition) is 1. The van der Waals surface area contributed by atoms with Crippen molar-refractivity contribution in [2.24, 2.45) is 0 Å². The Balaban J connectivity index is 2.00. The Labute approximate surface area is 159 Å². The Morgan fingerprint density at radius 1 is 1.00 bits per heavy atom. The molecule has 0 saturated carbocycles. The van der Waals surface area contributed by atoms with Crippen LogP contribution in [0.15, 0.2) is 42.5 Å². The summed E-state index contributed by atoms with van der Waals surface area (Å²) in [6.45, 7) is 4.48. The number of nitrogens with one attached hydrogen (secondary N) is 1. The van der Waals surface area contributed by atoms with Gasteiger partial charge in [0.25, 0.3) is 0 Å². The lowest BCUT2D eigenvalue weighted by Gasteiger charge is -2.12. The molecule has 2 rings (SSSR count). The summed E-state index contributed by atoms with van der Waals surface area (Å²) < 4.78 is 15.8. The number of rotatable bonds is 9. The second kappa shape index (κ2) is 10.2. The number of anilines is 1. The van der Waals surface area contributed by atoms with Crippen LogP contribution in [-0.4, -0.2) is 32.2 Å². The van der Waals surface area contributed by atoms with Crippen molar-refractivity contribution in [2.45, 2.75) is 26.7 Å². The molecule has 0 atom stereocenters. The number of benzene rings is 2. The van der Waals surface area contributed by atoms with Gasteiger partial charge in [-0.05, 0) is 50.1 Å². The number of amides is 1. The number of carbonyl (C=O) groups is 2. The van der Waals surface area contributed by atoms with Crippen molar-refractivity contribution in [1.82, 2.24) is 0 Å². The van der Waals surface area contributed by atoms with Crippen LogP contribution < -0.4 is 14.8 Å². The first-order chi connectivity index (χ1) is 13.1. The Hall–Kier alpha value is -3.02. The van der Waals surface area contributed by atoms with E-state index in [9.17, 15) is 9.59 Å². The molecule has 0 aliphatic heterocycles. The highest BCUT2D eigenvalue weighted by molar-refractivity contribution is 6.01. The molecule has 0 bridgehead atoms. The standard InChI is InChI=1S/C21H25NO5/c1-4-26-18-12-10-15(14-19(18)25-3)11-13-20(23)22-17-9-7-6-8-16(17)21(24)27-5-2/h6-10,12,14H,4-5,11,13H2,1-3H3,(H,22,23). The van der Waals surface area contributed by atoms with Crippen molar-refractivity contribution in [2.75, 3.05) is 25.6 Å². The quantitative estimate of drug-likeness (QED) is 0.678. The molecule has 2 aromatic carbocycles. The molecule has 0 unspecified atom stereocenters. The predicted octanol–water partition coefficient (Wildman–Crippen LogP) is 3.84. The number of esters is 1. The topological polar surface area (TPSA) is 73.9 Å². The van der Waals surface area contributed by atoms with Gasteiger partial charge in [-0.2, -0.15) is 0 Å². The number of aryl methyl sites for hydroxylation is 1. The molecule has 2 aromatic rings. The van der Waals surface area contributed by atoms with Crippen molar-refractivity contribution in [3.05, 3.63) is 53.6 Å². The van der Waals surface area contributed by atoms with E-state index >= 15 is 0 Å².